The Balaban J connectivity index is 1.76. The molecular weight excluding hydrogens is 366 g/mol. The Morgan fingerprint density at radius 2 is 2.23 bits per heavy atom. The molecule has 0 saturated heterocycles. The summed E-state index contributed by atoms with van der Waals surface area (Å²) in [5, 5.41) is 4.30. The van der Waals surface area contributed by atoms with Gasteiger partial charge in [-0.25, -0.2) is 9.97 Å². The molecule has 3 N–H and O–H groups in total. The van der Waals surface area contributed by atoms with Crippen molar-refractivity contribution in [2.75, 3.05) is 16.8 Å². The number of nitrogens with two attached hydrogens (primary N) is 1. The smallest absolute Gasteiger partial charge is 0.275 e. The first kappa shape index (κ1) is 18.7. The number of aliphatic imine (C=N–C) groups is 1. The summed E-state index contributed by atoms with van der Waals surface area (Å²) in [6.45, 7) is 4.11. The van der Waals surface area contributed by atoms with E-state index in [1.165, 1.54) is 6.20 Å². The van der Waals surface area contributed by atoms with Crippen molar-refractivity contribution < 1.29 is 4.79 Å². The van der Waals surface area contributed by atoms with E-state index in [0.717, 1.165) is 28.5 Å². The number of thioether (sulfide) groups is 2. The first-order valence-corrected chi connectivity index (χ1v) is 10.3. The van der Waals surface area contributed by atoms with Crippen LogP contribution in [-0.4, -0.2) is 32.5 Å². The summed E-state index contributed by atoms with van der Waals surface area (Å²) in [6.07, 6.45) is 4.03. The number of hydrogen-bond donors (Lipinski definition) is 2. The lowest BCUT2D eigenvalue weighted by atomic mass is 9.89. The largest absolute Gasteiger partial charge is 0.379 e. The van der Waals surface area contributed by atoms with Crippen molar-refractivity contribution in [3.05, 3.63) is 47.9 Å². The Morgan fingerprint density at radius 1 is 1.38 bits per heavy atom. The average molecular weight is 388 g/mol. The van der Waals surface area contributed by atoms with E-state index in [1.54, 1.807) is 29.7 Å². The van der Waals surface area contributed by atoms with E-state index in [-0.39, 0.29) is 11.4 Å². The van der Waals surface area contributed by atoms with Crippen LogP contribution in [0.25, 0.3) is 0 Å². The number of amidine groups is 1. The molecule has 1 atom stereocenters. The second-order valence-corrected chi connectivity index (χ2v) is 8.43. The molecule has 0 radical (unpaired) electrons. The van der Waals surface area contributed by atoms with Gasteiger partial charge in [-0.1, -0.05) is 30.8 Å². The monoisotopic (exact) mass is 387 g/mol. The van der Waals surface area contributed by atoms with E-state index in [2.05, 4.69) is 27.2 Å². The number of hydrogen-bond acceptors (Lipinski definition) is 7. The van der Waals surface area contributed by atoms with Gasteiger partial charge in [0.05, 0.1) is 17.9 Å². The maximum absolute atomic E-state index is 12.4. The maximum atomic E-state index is 12.4. The molecule has 26 heavy (non-hydrogen) atoms. The van der Waals surface area contributed by atoms with Crippen LogP contribution >= 0.6 is 23.5 Å². The van der Waals surface area contributed by atoms with Gasteiger partial charge in [-0.2, -0.15) is 0 Å². The van der Waals surface area contributed by atoms with Crippen LogP contribution in [0.15, 0.2) is 46.7 Å². The number of rotatable bonds is 5. The van der Waals surface area contributed by atoms with Crippen molar-refractivity contribution in [1.29, 1.82) is 0 Å². The van der Waals surface area contributed by atoms with Crippen LogP contribution in [0.3, 0.4) is 0 Å². The Labute approximate surface area is 161 Å². The molecule has 0 spiro atoms. The fourth-order valence-corrected chi connectivity index (χ4v) is 4.20. The predicted octanol–water partition coefficient (Wildman–Crippen LogP) is 3.51. The fourth-order valence-electron chi connectivity index (χ4n) is 2.68. The number of carbonyl (C=O) groups excluding carboxylic acids is 1. The van der Waals surface area contributed by atoms with E-state index in [9.17, 15) is 4.79 Å². The highest BCUT2D eigenvalue weighted by molar-refractivity contribution is 8.13. The Bertz CT molecular complexity index is 825. The topological polar surface area (TPSA) is 93.3 Å². The van der Waals surface area contributed by atoms with Gasteiger partial charge in [-0.15, -0.1) is 11.8 Å². The molecule has 2 aromatic rings. The minimum atomic E-state index is -0.366. The highest BCUT2D eigenvalue weighted by Crippen LogP contribution is 2.35. The predicted molar refractivity (Wildman–Crippen MR) is 109 cm³/mol. The number of aromatic nitrogens is 2. The Morgan fingerprint density at radius 3 is 2.92 bits per heavy atom. The number of nitrogens with one attached hydrogen (secondary N) is 1. The highest BCUT2D eigenvalue weighted by Gasteiger charge is 2.29. The zero-order valence-corrected chi connectivity index (χ0v) is 16.4. The summed E-state index contributed by atoms with van der Waals surface area (Å²) in [4.78, 5) is 25.5. The number of amides is 1. The van der Waals surface area contributed by atoms with Crippen molar-refractivity contribution >= 4 is 40.3 Å². The van der Waals surface area contributed by atoms with Crippen molar-refractivity contribution in [2.45, 2.75) is 30.8 Å². The second kappa shape index (κ2) is 8.09. The lowest BCUT2D eigenvalue weighted by molar-refractivity contribution is 0.102. The minimum Gasteiger partial charge on any atom is -0.379 e. The zero-order chi connectivity index (χ0) is 18.6. The standard InChI is InChI=1S/C18H21N5OS2/c1-3-25-15-11-20-14(10-21-15)16(24)22-13-6-4-5-12(9-13)18(2)7-8-26-17(19)23-18/h4-6,9-11H,3,7-8H2,1-2H3,(H2,19,23)(H,22,24)/t18-/m0/s1. The third-order valence-electron chi connectivity index (χ3n) is 4.09. The van der Waals surface area contributed by atoms with Gasteiger partial charge in [0, 0.05) is 11.4 Å². The summed E-state index contributed by atoms with van der Waals surface area (Å²) >= 11 is 3.16. The van der Waals surface area contributed by atoms with Gasteiger partial charge in [-0.3, -0.25) is 9.79 Å². The molecule has 1 aromatic carbocycles. The van der Waals surface area contributed by atoms with Crippen LogP contribution in [0.1, 0.15) is 36.3 Å². The van der Waals surface area contributed by atoms with Gasteiger partial charge in [0.1, 0.15) is 10.7 Å². The lowest BCUT2D eigenvalue weighted by Gasteiger charge is -2.30. The van der Waals surface area contributed by atoms with Crippen molar-refractivity contribution in [1.82, 2.24) is 9.97 Å². The molecule has 0 bridgehead atoms. The SMILES string of the molecule is CCSc1cnc(C(=O)Nc2cccc([C@]3(C)CCSC(N)=N3)c2)cn1. The normalized spacial score (nSPS) is 19.7. The molecule has 2 heterocycles. The summed E-state index contributed by atoms with van der Waals surface area (Å²) < 4.78 is 0. The van der Waals surface area contributed by atoms with E-state index >= 15 is 0 Å². The first-order valence-electron chi connectivity index (χ1n) is 8.35. The number of anilines is 1. The molecule has 0 fully saturated rings. The van der Waals surface area contributed by atoms with Crippen LogP contribution in [-0.2, 0) is 5.54 Å². The van der Waals surface area contributed by atoms with Crippen molar-refractivity contribution in [3.8, 4) is 0 Å². The molecular formula is C18H21N5OS2. The highest BCUT2D eigenvalue weighted by atomic mass is 32.2. The number of carbonyl (C=O) groups is 1. The quantitative estimate of drug-likeness (QED) is 0.763. The third kappa shape index (κ3) is 4.37. The summed E-state index contributed by atoms with van der Waals surface area (Å²) in [5.41, 5.74) is 7.56. The van der Waals surface area contributed by atoms with E-state index < -0.39 is 0 Å². The maximum Gasteiger partial charge on any atom is 0.275 e. The molecule has 1 aliphatic heterocycles. The summed E-state index contributed by atoms with van der Waals surface area (Å²) in [6, 6.07) is 7.72. The molecule has 8 heteroatoms. The molecule has 0 unspecified atom stereocenters. The van der Waals surface area contributed by atoms with E-state index in [4.69, 9.17) is 5.73 Å². The summed E-state index contributed by atoms with van der Waals surface area (Å²) in [7, 11) is 0. The van der Waals surface area contributed by atoms with Crippen LogP contribution in [0.2, 0.25) is 0 Å². The molecule has 0 aliphatic carbocycles. The van der Waals surface area contributed by atoms with Gasteiger partial charge in [-0.05, 0) is 36.8 Å². The molecule has 6 nitrogen and oxygen atoms in total. The van der Waals surface area contributed by atoms with E-state index in [1.807, 2.05) is 31.2 Å². The molecule has 3 rings (SSSR count). The Kier molecular flexibility index (Phi) is 5.83. The fraction of sp³-hybridized carbons (Fsp3) is 0.333. The Hall–Kier alpha value is -2.06. The lowest BCUT2D eigenvalue weighted by Crippen LogP contribution is -2.28. The van der Waals surface area contributed by atoms with Crippen molar-refractivity contribution in [2.24, 2.45) is 10.7 Å². The third-order valence-corrected chi connectivity index (χ3v) is 5.68. The molecule has 136 valence electrons. The average Bonchev–Trinajstić information content (AvgIpc) is 2.63. The van der Waals surface area contributed by atoms with Gasteiger partial charge in [0.25, 0.3) is 5.91 Å². The van der Waals surface area contributed by atoms with Gasteiger partial charge < -0.3 is 11.1 Å². The van der Waals surface area contributed by atoms with Crippen LogP contribution in [0, 0.1) is 0 Å². The molecule has 0 saturated carbocycles. The van der Waals surface area contributed by atoms with Gasteiger partial charge in [0.2, 0.25) is 0 Å². The minimum absolute atomic E-state index is 0.282. The van der Waals surface area contributed by atoms with Crippen LogP contribution in [0.5, 0.6) is 0 Å². The van der Waals surface area contributed by atoms with Gasteiger partial charge >= 0.3 is 0 Å². The molecule has 1 aromatic heterocycles. The van der Waals surface area contributed by atoms with Crippen molar-refractivity contribution in [3.63, 3.8) is 0 Å². The number of benzene rings is 1. The molecule has 1 amide bonds. The zero-order valence-electron chi connectivity index (χ0n) is 14.7. The van der Waals surface area contributed by atoms with Gasteiger partial charge in [0.15, 0.2) is 5.17 Å². The molecule has 1 aliphatic rings. The van der Waals surface area contributed by atoms with E-state index in [0.29, 0.717) is 16.5 Å². The van der Waals surface area contributed by atoms with Crippen LogP contribution < -0.4 is 11.1 Å². The van der Waals surface area contributed by atoms with Crippen LogP contribution in [0.4, 0.5) is 5.69 Å². The first-order chi connectivity index (χ1) is 12.5. The second-order valence-electron chi connectivity index (χ2n) is 6.03. The summed E-state index contributed by atoms with van der Waals surface area (Å²) in [5.74, 6) is 1.56. The number of nitrogens with zero attached hydrogens (tertiary/aromatic N) is 3.